The lowest BCUT2D eigenvalue weighted by Gasteiger charge is -1.99. The molecule has 76 valence electrons. The highest BCUT2D eigenvalue weighted by molar-refractivity contribution is 4.81. The molecule has 1 heterocycles. The van der Waals surface area contributed by atoms with Crippen molar-refractivity contribution in [1.29, 1.82) is 5.26 Å². The molecule has 0 saturated heterocycles. The summed E-state index contributed by atoms with van der Waals surface area (Å²) < 4.78 is 1.70. The molecule has 0 fully saturated rings. The van der Waals surface area contributed by atoms with Crippen LogP contribution < -0.4 is 5.32 Å². The van der Waals surface area contributed by atoms with E-state index in [2.05, 4.69) is 21.5 Å². The zero-order valence-corrected chi connectivity index (χ0v) is 8.40. The van der Waals surface area contributed by atoms with Crippen LogP contribution in [-0.4, -0.2) is 27.9 Å². The van der Waals surface area contributed by atoms with Gasteiger partial charge in [0, 0.05) is 26.4 Å². The van der Waals surface area contributed by atoms with Gasteiger partial charge in [-0.2, -0.15) is 10.4 Å². The largest absolute Gasteiger partial charge is 0.316 e. The predicted molar refractivity (Wildman–Crippen MR) is 52.4 cm³/mol. The van der Waals surface area contributed by atoms with Crippen molar-refractivity contribution in [2.24, 2.45) is 7.05 Å². The van der Waals surface area contributed by atoms with Crippen LogP contribution in [0.5, 0.6) is 0 Å². The fourth-order valence-corrected chi connectivity index (χ4v) is 1.12. The maximum absolute atomic E-state index is 8.30. The monoisotopic (exact) mass is 193 g/mol. The van der Waals surface area contributed by atoms with E-state index in [1.807, 2.05) is 7.05 Å². The summed E-state index contributed by atoms with van der Waals surface area (Å²) in [7, 11) is 1.86. The molecule has 1 aromatic rings. The quantitative estimate of drug-likeness (QED) is 0.658. The summed E-state index contributed by atoms with van der Waals surface area (Å²) in [6.07, 6.45) is 4.07. The maximum Gasteiger partial charge on any atom is 0.151 e. The van der Waals surface area contributed by atoms with E-state index in [4.69, 9.17) is 5.26 Å². The molecular formula is C9H15N5. The predicted octanol–water partition coefficient (Wildman–Crippen LogP) is 0.251. The van der Waals surface area contributed by atoms with Crippen molar-refractivity contribution in [3.8, 4) is 6.07 Å². The Kier molecular flexibility index (Phi) is 4.65. The van der Waals surface area contributed by atoms with Gasteiger partial charge in [0.2, 0.25) is 0 Å². The molecule has 0 saturated carbocycles. The van der Waals surface area contributed by atoms with E-state index >= 15 is 0 Å². The highest BCUT2D eigenvalue weighted by Gasteiger charge is 1.97. The number of aryl methyl sites for hydroxylation is 1. The van der Waals surface area contributed by atoms with Gasteiger partial charge in [-0.25, -0.2) is 4.98 Å². The fourth-order valence-electron chi connectivity index (χ4n) is 1.12. The molecule has 0 atom stereocenters. The van der Waals surface area contributed by atoms with Crippen molar-refractivity contribution in [3.05, 3.63) is 12.2 Å². The highest BCUT2D eigenvalue weighted by Crippen LogP contribution is 1.88. The number of nitriles is 1. The van der Waals surface area contributed by atoms with E-state index in [9.17, 15) is 0 Å². The molecule has 0 aromatic carbocycles. The van der Waals surface area contributed by atoms with Gasteiger partial charge < -0.3 is 5.32 Å². The van der Waals surface area contributed by atoms with Gasteiger partial charge in [-0.1, -0.05) is 0 Å². The molecule has 0 radical (unpaired) electrons. The minimum absolute atomic E-state index is 0.620. The van der Waals surface area contributed by atoms with E-state index < -0.39 is 0 Å². The molecule has 0 spiro atoms. The normalized spacial score (nSPS) is 10.0. The van der Waals surface area contributed by atoms with Gasteiger partial charge in [-0.15, -0.1) is 0 Å². The summed E-state index contributed by atoms with van der Waals surface area (Å²) in [5, 5.41) is 15.7. The van der Waals surface area contributed by atoms with Crippen LogP contribution in [0.1, 0.15) is 18.7 Å². The number of hydrogen-bond donors (Lipinski definition) is 1. The molecule has 5 nitrogen and oxygen atoms in total. The molecule has 0 bridgehead atoms. The first kappa shape index (κ1) is 10.7. The molecule has 14 heavy (non-hydrogen) atoms. The van der Waals surface area contributed by atoms with Gasteiger partial charge in [-0.05, 0) is 13.0 Å². The average Bonchev–Trinajstić information content (AvgIpc) is 2.58. The van der Waals surface area contributed by atoms with Crippen LogP contribution in [0, 0.1) is 11.3 Å². The Morgan fingerprint density at radius 1 is 1.57 bits per heavy atom. The number of nitrogens with one attached hydrogen (secondary N) is 1. The number of hydrogen-bond acceptors (Lipinski definition) is 4. The first-order valence-corrected chi connectivity index (χ1v) is 4.75. The van der Waals surface area contributed by atoms with Crippen molar-refractivity contribution in [1.82, 2.24) is 20.1 Å². The SMILES string of the molecule is Cn1cnc(CCNCCCC#N)n1. The molecule has 1 rings (SSSR count). The second kappa shape index (κ2) is 6.11. The molecule has 1 aromatic heterocycles. The topological polar surface area (TPSA) is 66.5 Å². The zero-order valence-electron chi connectivity index (χ0n) is 8.40. The Hall–Kier alpha value is -1.41. The van der Waals surface area contributed by atoms with Crippen molar-refractivity contribution < 1.29 is 0 Å². The second-order valence-corrected chi connectivity index (χ2v) is 3.10. The minimum Gasteiger partial charge on any atom is -0.316 e. The lowest BCUT2D eigenvalue weighted by atomic mass is 10.3. The van der Waals surface area contributed by atoms with E-state index in [0.717, 1.165) is 31.8 Å². The van der Waals surface area contributed by atoms with Gasteiger partial charge >= 0.3 is 0 Å². The third-order valence-corrected chi connectivity index (χ3v) is 1.81. The van der Waals surface area contributed by atoms with Gasteiger partial charge in [0.1, 0.15) is 6.33 Å². The lowest BCUT2D eigenvalue weighted by molar-refractivity contribution is 0.639. The van der Waals surface area contributed by atoms with Crippen molar-refractivity contribution in [2.75, 3.05) is 13.1 Å². The summed E-state index contributed by atoms with van der Waals surface area (Å²) in [4.78, 5) is 4.11. The molecule has 0 amide bonds. The smallest absolute Gasteiger partial charge is 0.151 e. The van der Waals surface area contributed by atoms with Crippen LogP contribution in [0.4, 0.5) is 0 Å². The molecule has 0 aliphatic heterocycles. The Morgan fingerprint density at radius 2 is 2.43 bits per heavy atom. The number of rotatable bonds is 6. The average molecular weight is 193 g/mol. The fraction of sp³-hybridized carbons (Fsp3) is 0.667. The van der Waals surface area contributed by atoms with Crippen LogP contribution >= 0.6 is 0 Å². The van der Waals surface area contributed by atoms with Gasteiger partial charge in [0.15, 0.2) is 5.82 Å². The summed E-state index contributed by atoms with van der Waals surface area (Å²) in [5.74, 6) is 0.861. The maximum atomic E-state index is 8.30. The Labute approximate surface area is 83.8 Å². The lowest BCUT2D eigenvalue weighted by Crippen LogP contribution is -2.18. The highest BCUT2D eigenvalue weighted by atomic mass is 15.3. The zero-order chi connectivity index (χ0) is 10.2. The van der Waals surface area contributed by atoms with E-state index in [1.165, 1.54) is 0 Å². The summed E-state index contributed by atoms with van der Waals surface area (Å²) in [6.45, 7) is 1.76. The molecule has 0 unspecified atom stereocenters. The standard InChI is InChI=1S/C9H15N5/c1-14-8-12-9(13-14)4-7-11-6-3-2-5-10/h8,11H,2-4,6-7H2,1H3. The summed E-state index contributed by atoms with van der Waals surface area (Å²) >= 11 is 0. The van der Waals surface area contributed by atoms with Crippen LogP contribution in [0.3, 0.4) is 0 Å². The molecule has 0 aliphatic rings. The molecule has 0 aliphatic carbocycles. The number of nitrogens with zero attached hydrogens (tertiary/aromatic N) is 4. The molecule has 5 heteroatoms. The van der Waals surface area contributed by atoms with Crippen molar-refractivity contribution >= 4 is 0 Å². The number of unbranched alkanes of at least 4 members (excludes halogenated alkanes) is 1. The van der Waals surface area contributed by atoms with Crippen molar-refractivity contribution in [3.63, 3.8) is 0 Å². The van der Waals surface area contributed by atoms with Crippen LogP contribution in [0.15, 0.2) is 6.33 Å². The van der Waals surface area contributed by atoms with E-state index in [-0.39, 0.29) is 0 Å². The number of aromatic nitrogens is 3. The van der Waals surface area contributed by atoms with Gasteiger partial charge in [0.25, 0.3) is 0 Å². The van der Waals surface area contributed by atoms with Gasteiger partial charge in [-0.3, -0.25) is 4.68 Å². The van der Waals surface area contributed by atoms with Crippen LogP contribution in [-0.2, 0) is 13.5 Å². The summed E-state index contributed by atoms with van der Waals surface area (Å²) in [6, 6.07) is 2.11. The second-order valence-electron chi connectivity index (χ2n) is 3.10. The molecular weight excluding hydrogens is 178 g/mol. The van der Waals surface area contributed by atoms with Gasteiger partial charge in [0.05, 0.1) is 6.07 Å². The Balaban J connectivity index is 2.02. The van der Waals surface area contributed by atoms with Crippen LogP contribution in [0.25, 0.3) is 0 Å². The Bertz CT molecular complexity index is 298. The third kappa shape index (κ3) is 4.01. The minimum atomic E-state index is 0.620. The third-order valence-electron chi connectivity index (χ3n) is 1.81. The van der Waals surface area contributed by atoms with E-state index in [1.54, 1.807) is 11.0 Å². The first-order chi connectivity index (χ1) is 6.83. The molecule has 1 N–H and O–H groups in total. The van der Waals surface area contributed by atoms with Crippen molar-refractivity contribution in [2.45, 2.75) is 19.3 Å². The van der Waals surface area contributed by atoms with Crippen LogP contribution in [0.2, 0.25) is 0 Å². The summed E-state index contributed by atoms with van der Waals surface area (Å²) in [5.41, 5.74) is 0. The van der Waals surface area contributed by atoms with E-state index in [0.29, 0.717) is 6.42 Å². The first-order valence-electron chi connectivity index (χ1n) is 4.75. The Morgan fingerprint density at radius 3 is 3.07 bits per heavy atom.